The lowest BCUT2D eigenvalue weighted by Crippen LogP contribution is -2.10. The van der Waals surface area contributed by atoms with E-state index in [-0.39, 0.29) is 17.9 Å². The number of carboxylic acid groups (broad SMARTS) is 1. The number of nitrogens with one attached hydrogen (secondary N) is 1. The molecule has 0 aromatic heterocycles. The van der Waals surface area contributed by atoms with Crippen LogP contribution in [0.3, 0.4) is 0 Å². The Balaban J connectivity index is 2.69. The SMILES string of the molecule is CCOC(=O)C=CC(=O)Nc1ccc(C(=O)O)c(O)c1. The number of amides is 1. The molecule has 1 aromatic rings. The summed E-state index contributed by atoms with van der Waals surface area (Å²) in [7, 11) is 0. The minimum atomic E-state index is -1.28. The van der Waals surface area contributed by atoms with E-state index in [0.717, 1.165) is 24.3 Å². The number of carboxylic acids is 1. The third-order valence-corrected chi connectivity index (χ3v) is 2.15. The normalized spacial score (nSPS) is 10.2. The number of carbonyl (C=O) groups is 3. The van der Waals surface area contributed by atoms with Gasteiger partial charge in [0.2, 0.25) is 5.91 Å². The molecule has 0 radical (unpaired) electrons. The zero-order chi connectivity index (χ0) is 15.1. The van der Waals surface area contributed by atoms with E-state index in [0.29, 0.717) is 0 Å². The Morgan fingerprint density at radius 2 is 2.00 bits per heavy atom. The third kappa shape index (κ3) is 4.45. The van der Waals surface area contributed by atoms with Crippen molar-refractivity contribution in [2.75, 3.05) is 11.9 Å². The molecule has 1 aromatic carbocycles. The van der Waals surface area contributed by atoms with E-state index in [1.807, 2.05) is 0 Å². The van der Waals surface area contributed by atoms with Crippen molar-refractivity contribution in [3.8, 4) is 5.75 Å². The zero-order valence-electron chi connectivity index (χ0n) is 10.6. The number of hydrogen-bond donors (Lipinski definition) is 3. The van der Waals surface area contributed by atoms with Crippen LogP contribution >= 0.6 is 0 Å². The molecule has 7 heteroatoms. The van der Waals surface area contributed by atoms with Crippen LogP contribution in [-0.2, 0) is 14.3 Å². The van der Waals surface area contributed by atoms with Gasteiger partial charge < -0.3 is 20.3 Å². The zero-order valence-corrected chi connectivity index (χ0v) is 10.6. The number of rotatable bonds is 5. The Morgan fingerprint density at radius 3 is 2.55 bits per heavy atom. The van der Waals surface area contributed by atoms with Gasteiger partial charge in [-0.05, 0) is 19.1 Å². The van der Waals surface area contributed by atoms with Crippen molar-refractivity contribution < 1.29 is 29.3 Å². The first-order valence-corrected chi connectivity index (χ1v) is 5.66. The summed E-state index contributed by atoms with van der Waals surface area (Å²) in [5, 5.41) is 20.5. The monoisotopic (exact) mass is 279 g/mol. The summed E-state index contributed by atoms with van der Waals surface area (Å²) < 4.78 is 4.59. The largest absolute Gasteiger partial charge is 0.507 e. The predicted octanol–water partition coefficient (Wildman–Crippen LogP) is 1.15. The number of phenols is 1. The summed E-state index contributed by atoms with van der Waals surface area (Å²) >= 11 is 0. The van der Waals surface area contributed by atoms with Crippen molar-refractivity contribution in [2.45, 2.75) is 6.92 Å². The quantitative estimate of drug-likeness (QED) is 0.550. The van der Waals surface area contributed by atoms with E-state index in [4.69, 9.17) is 5.11 Å². The molecule has 0 heterocycles. The molecule has 0 saturated heterocycles. The van der Waals surface area contributed by atoms with Gasteiger partial charge in [-0.3, -0.25) is 4.79 Å². The second-order valence-electron chi connectivity index (χ2n) is 3.61. The van der Waals surface area contributed by atoms with Crippen molar-refractivity contribution in [1.29, 1.82) is 0 Å². The number of hydrogen-bond acceptors (Lipinski definition) is 5. The molecule has 20 heavy (non-hydrogen) atoms. The Bertz CT molecular complexity index is 564. The van der Waals surface area contributed by atoms with Gasteiger partial charge in [-0.25, -0.2) is 9.59 Å². The van der Waals surface area contributed by atoms with E-state index in [1.165, 1.54) is 6.07 Å². The van der Waals surface area contributed by atoms with E-state index in [9.17, 15) is 19.5 Å². The first kappa shape index (κ1) is 15.2. The Kier molecular flexibility index (Phi) is 5.28. The summed E-state index contributed by atoms with van der Waals surface area (Å²) in [4.78, 5) is 33.1. The molecule has 3 N–H and O–H groups in total. The van der Waals surface area contributed by atoms with E-state index < -0.39 is 23.6 Å². The van der Waals surface area contributed by atoms with Gasteiger partial charge in [-0.1, -0.05) is 0 Å². The minimum absolute atomic E-state index is 0.200. The molecule has 1 amide bonds. The Morgan fingerprint density at radius 1 is 1.30 bits per heavy atom. The number of benzene rings is 1. The molecule has 0 saturated carbocycles. The maximum atomic E-state index is 11.4. The summed E-state index contributed by atoms with van der Waals surface area (Å²) in [6.45, 7) is 1.84. The second kappa shape index (κ2) is 6.93. The average Bonchev–Trinajstić information content (AvgIpc) is 2.36. The molecule has 106 valence electrons. The molecule has 0 atom stereocenters. The number of anilines is 1. The van der Waals surface area contributed by atoms with E-state index in [2.05, 4.69) is 10.1 Å². The topological polar surface area (TPSA) is 113 Å². The summed E-state index contributed by atoms with van der Waals surface area (Å²) in [5.74, 6) is -3.00. The average molecular weight is 279 g/mol. The number of carbonyl (C=O) groups excluding carboxylic acids is 2. The molecular weight excluding hydrogens is 266 g/mol. The van der Waals surface area contributed by atoms with Crippen molar-refractivity contribution in [3.63, 3.8) is 0 Å². The molecule has 0 fully saturated rings. The van der Waals surface area contributed by atoms with E-state index >= 15 is 0 Å². The van der Waals surface area contributed by atoms with Crippen LogP contribution < -0.4 is 5.32 Å². The molecule has 0 spiro atoms. The predicted molar refractivity (Wildman–Crippen MR) is 69.5 cm³/mol. The fourth-order valence-electron chi connectivity index (χ4n) is 1.31. The maximum absolute atomic E-state index is 11.4. The molecule has 7 nitrogen and oxygen atoms in total. The summed E-state index contributed by atoms with van der Waals surface area (Å²) in [6.07, 6.45) is 1.93. The van der Waals surface area contributed by atoms with Gasteiger partial charge in [0, 0.05) is 23.9 Å². The molecule has 0 aliphatic rings. The lowest BCUT2D eigenvalue weighted by atomic mass is 10.2. The van der Waals surface area contributed by atoms with Crippen LogP contribution in [0.1, 0.15) is 17.3 Å². The van der Waals surface area contributed by atoms with E-state index in [1.54, 1.807) is 6.92 Å². The number of aromatic hydroxyl groups is 1. The fraction of sp³-hybridized carbons (Fsp3) is 0.154. The minimum Gasteiger partial charge on any atom is -0.507 e. The van der Waals surface area contributed by atoms with Crippen molar-refractivity contribution in [1.82, 2.24) is 0 Å². The highest BCUT2D eigenvalue weighted by Crippen LogP contribution is 2.21. The summed E-state index contributed by atoms with van der Waals surface area (Å²) in [5.41, 5.74) is -0.0731. The highest BCUT2D eigenvalue weighted by molar-refractivity contribution is 6.03. The maximum Gasteiger partial charge on any atom is 0.339 e. The van der Waals surface area contributed by atoms with Gasteiger partial charge >= 0.3 is 11.9 Å². The van der Waals surface area contributed by atoms with Crippen LogP contribution in [0, 0.1) is 0 Å². The van der Waals surface area contributed by atoms with Gasteiger partial charge in [-0.15, -0.1) is 0 Å². The first-order chi connectivity index (χ1) is 9.43. The van der Waals surface area contributed by atoms with Crippen LogP contribution in [-0.4, -0.2) is 34.7 Å². The Hall–Kier alpha value is -2.83. The number of aromatic carboxylic acids is 1. The molecule has 1 rings (SSSR count). The first-order valence-electron chi connectivity index (χ1n) is 5.66. The standard InChI is InChI=1S/C13H13NO6/c1-2-20-12(17)6-5-11(16)14-8-3-4-9(13(18)19)10(15)7-8/h3-7,15H,2H2,1H3,(H,14,16)(H,18,19). The van der Waals surface area contributed by atoms with Gasteiger partial charge in [-0.2, -0.15) is 0 Å². The van der Waals surface area contributed by atoms with Crippen LogP contribution in [0.2, 0.25) is 0 Å². The van der Waals surface area contributed by atoms with Crippen LogP contribution in [0.4, 0.5) is 5.69 Å². The highest BCUT2D eigenvalue weighted by atomic mass is 16.5. The second-order valence-corrected chi connectivity index (χ2v) is 3.61. The lowest BCUT2D eigenvalue weighted by molar-refractivity contribution is -0.137. The van der Waals surface area contributed by atoms with Gasteiger partial charge in [0.05, 0.1) is 6.61 Å². The van der Waals surface area contributed by atoms with Gasteiger partial charge in [0.1, 0.15) is 11.3 Å². The molecule has 0 unspecified atom stereocenters. The van der Waals surface area contributed by atoms with Crippen LogP contribution in [0.5, 0.6) is 5.75 Å². The van der Waals surface area contributed by atoms with Crippen LogP contribution in [0.15, 0.2) is 30.4 Å². The molecule has 0 aliphatic heterocycles. The smallest absolute Gasteiger partial charge is 0.339 e. The molecule has 0 bridgehead atoms. The lowest BCUT2D eigenvalue weighted by Gasteiger charge is -2.04. The van der Waals surface area contributed by atoms with Crippen molar-refractivity contribution in [2.24, 2.45) is 0 Å². The Labute approximate surface area is 114 Å². The number of ether oxygens (including phenoxy) is 1. The molecule has 0 aliphatic carbocycles. The fourth-order valence-corrected chi connectivity index (χ4v) is 1.31. The van der Waals surface area contributed by atoms with Crippen LogP contribution in [0.25, 0.3) is 0 Å². The van der Waals surface area contributed by atoms with Gasteiger partial charge in [0.15, 0.2) is 0 Å². The highest BCUT2D eigenvalue weighted by Gasteiger charge is 2.10. The number of esters is 1. The van der Waals surface area contributed by atoms with Gasteiger partial charge in [0.25, 0.3) is 0 Å². The summed E-state index contributed by atoms with van der Waals surface area (Å²) in [6, 6.07) is 3.57. The molecular formula is C13H13NO6. The van der Waals surface area contributed by atoms with Crippen molar-refractivity contribution in [3.05, 3.63) is 35.9 Å². The third-order valence-electron chi connectivity index (χ3n) is 2.15. The van der Waals surface area contributed by atoms with Crippen molar-refractivity contribution >= 4 is 23.5 Å².